The molecule has 2 unspecified atom stereocenters. The maximum absolute atomic E-state index is 10.3. The molecule has 124 valence electrons. The van der Waals surface area contributed by atoms with Crippen molar-refractivity contribution in [2.45, 2.75) is 30.8 Å². The number of nitrogens with zero attached hydrogens (tertiary/aromatic N) is 1. The largest absolute Gasteiger partial charge is 0.388 e. The van der Waals surface area contributed by atoms with Crippen molar-refractivity contribution in [3.63, 3.8) is 0 Å². The molecule has 4 atom stereocenters. The van der Waals surface area contributed by atoms with Gasteiger partial charge in [-0.2, -0.15) is 0 Å². The van der Waals surface area contributed by atoms with E-state index in [0.717, 1.165) is 6.16 Å². The van der Waals surface area contributed by atoms with E-state index < -0.39 is 25.2 Å². The van der Waals surface area contributed by atoms with Gasteiger partial charge in [-0.25, -0.2) is 0 Å². The normalized spacial score (nSPS) is 33.0. The van der Waals surface area contributed by atoms with Crippen LogP contribution in [0.2, 0.25) is 0 Å². The van der Waals surface area contributed by atoms with Crippen molar-refractivity contribution in [2.24, 2.45) is 0 Å². The maximum atomic E-state index is 10.3. The monoisotopic (exact) mass is 344 g/mol. The Morgan fingerprint density at radius 3 is 2.64 bits per heavy atom. The van der Waals surface area contributed by atoms with Gasteiger partial charge < -0.3 is 25.2 Å². The summed E-state index contributed by atoms with van der Waals surface area (Å²) in [7, 11) is 1.81. The fourth-order valence-corrected chi connectivity index (χ4v) is 3.73. The summed E-state index contributed by atoms with van der Waals surface area (Å²) in [5.41, 5.74) is 1.32. The second kappa shape index (κ2) is 6.46. The number of aliphatic hydroxyl groups excluding tert-OH is 2. The van der Waals surface area contributed by atoms with Gasteiger partial charge in [0, 0.05) is 24.5 Å². The minimum atomic E-state index is -1.19. The molecular weight excluding hydrogens is 319 g/mol. The first kappa shape index (κ1) is 17.7. The topological polar surface area (TPSA) is 65.0 Å². The van der Waals surface area contributed by atoms with E-state index in [1.54, 1.807) is 11.1 Å². The van der Waals surface area contributed by atoms with Crippen molar-refractivity contribution in [1.29, 1.82) is 0 Å². The van der Waals surface area contributed by atoms with E-state index in [9.17, 15) is 10.2 Å². The van der Waals surface area contributed by atoms with Gasteiger partial charge in [0.25, 0.3) is 0 Å². The van der Waals surface area contributed by atoms with Gasteiger partial charge in [-0.1, -0.05) is 6.58 Å². The molecule has 1 fully saturated rings. The molecular formula is C15H25N2O3PS. The SMILES string of the molecule is C=C1NC(=S)N(C)C=C1C1OC(CCP(=C)(C)C)[C@@H](O)[C@H]1O. The van der Waals surface area contributed by atoms with Gasteiger partial charge in [0.15, 0.2) is 5.11 Å². The Balaban J connectivity index is 2.13. The summed E-state index contributed by atoms with van der Waals surface area (Å²) < 4.78 is 5.93. The lowest BCUT2D eigenvalue weighted by Crippen LogP contribution is -2.42. The molecule has 0 aromatic carbocycles. The highest BCUT2D eigenvalue weighted by Gasteiger charge is 2.45. The Hall–Kier alpha value is -0.650. The van der Waals surface area contributed by atoms with Gasteiger partial charge in [0.2, 0.25) is 0 Å². The van der Waals surface area contributed by atoms with Crippen molar-refractivity contribution in [1.82, 2.24) is 10.2 Å². The summed E-state index contributed by atoms with van der Waals surface area (Å²) in [5, 5.41) is 24.1. The van der Waals surface area contributed by atoms with Crippen molar-refractivity contribution in [3.8, 4) is 0 Å². The fourth-order valence-electron chi connectivity index (χ4n) is 2.60. The minimum absolute atomic E-state index is 0.381. The van der Waals surface area contributed by atoms with Crippen molar-refractivity contribution >= 4 is 30.5 Å². The third kappa shape index (κ3) is 3.81. The van der Waals surface area contributed by atoms with Crippen LogP contribution in [0.4, 0.5) is 0 Å². The summed E-state index contributed by atoms with van der Waals surface area (Å²) in [4.78, 5) is 1.74. The molecule has 2 rings (SSSR count). The molecule has 3 N–H and O–H groups in total. The van der Waals surface area contributed by atoms with Crippen LogP contribution in [0.1, 0.15) is 6.42 Å². The summed E-state index contributed by atoms with van der Waals surface area (Å²) in [5.74, 6) is 0. The number of thiocarbonyl (C=S) groups is 1. The van der Waals surface area contributed by atoms with E-state index in [4.69, 9.17) is 17.0 Å². The Labute approximate surface area is 137 Å². The lowest BCUT2D eigenvalue weighted by Gasteiger charge is -2.30. The Kier molecular flexibility index (Phi) is 5.20. The molecule has 7 heteroatoms. The van der Waals surface area contributed by atoms with E-state index in [0.29, 0.717) is 22.8 Å². The highest BCUT2D eigenvalue weighted by Crippen LogP contribution is 2.39. The third-order valence-corrected chi connectivity index (χ3v) is 5.81. The summed E-state index contributed by atoms with van der Waals surface area (Å²) in [6.45, 7) is 7.03. The number of ether oxygens (including phenoxy) is 1. The van der Waals surface area contributed by atoms with Crippen LogP contribution in [-0.2, 0) is 4.74 Å². The zero-order valence-corrected chi connectivity index (χ0v) is 15.0. The molecule has 0 radical (unpaired) electrons. The van der Waals surface area contributed by atoms with E-state index in [1.165, 1.54) is 0 Å². The highest BCUT2D eigenvalue weighted by molar-refractivity contribution is 7.80. The molecule has 0 saturated carbocycles. The van der Waals surface area contributed by atoms with Crippen LogP contribution in [0.25, 0.3) is 0 Å². The zero-order valence-electron chi connectivity index (χ0n) is 13.3. The second-order valence-corrected chi connectivity index (χ2v) is 11.3. The van der Waals surface area contributed by atoms with Gasteiger partial charge in [0.1, 0.15) is 18.3 Å². The van der Waals surface area contributed by atoms with Crippen LogP contribution < -0.4 is 5.32 Å². The van der Waals surface area contributed by atoms with Gasteiger partial charge in [-0.15, -0.1) is 13.2 Å². The predicted octanol–water partition coefficient (Wildman–Crippen LogP) is 0.792. The predicted molar refractivity (Wildman–Crippen MR) is 96.8 cm³/mol. The molecule has 5 nitrogen and oxygen atoms in total. The maximum Gasteiger partial charge on any atom is 0.177 e. The summed E-state index contributed by atoms with van der Waals surface area (Å²) >= 11 is 5.14. The minimum Gasteiger partial charge on any atom is -0.388 e. The molecule has 0 bridgehead atoms. The molecule has 0 aromatic heterocycles. The standard InChI is InChI=1S/C15H25N2O3PS/c1-9-10(8-17(2)15(22)16-9)14-13(19)12(18)11(20-14)6-7-21(3,4)5/h8,11-14,18-19H,1,3,6-7H2,2,4-5H3,(H,16,22)/t11?,12-,13-,14?/m1/s1. The van der Waals surface area contributed by atoms with Crippen molar-refractivity contribution < 1.29 is 14.9 Å². The first-order valence-corrected chi connectivity index (χ1v) is 10.7. The number of hydrogen-bond donors (Lipinski definition) is 3. The Morgan fingerprint density at radius 2 is 2.05 bits per heavy atom. The molecule has 2 aliphatic rings. The van der Waals surface area contributed by atoms with Crippen LogP contribution in [0.15, 0.2) is 24.0 Å². The highest BCUT2D eigenvalue weighted by atomic mass is 32.1. The van der Waals surface area contributed by atoms with Crippen LogP contribution in [-0.4, -0.2) is 77.5 Å². The number of aliphatic hydroxyl groups is 2. The van der Waals surface area contributed by atoms with Gasteiger partial charge >= 0.3 is 0 Å². The van der Waals surface area contributed by atoms with Gasteiger partial charge in [0.05, 0.1) is 6.10 Å². The number of rotatable bonds is 4. The Bertz CT molecular complexity index is 557. The quantitative estimate of drug-likeness (QED) is 0.518. The Morgan fingerprint density at radius 1 is 1.41 bits per heavy atom. The molecule has 0 aliphatic carbocycles. The summed E-state index contributed by atoms with van der Waals surface area (Å²) in [6, 6.07) is 0. The smallest absolute Gasteiger partial charge is 0.177 e. The van der Waals surface area contributed by atoms with Crippen molar-refractivity contribution in [3.05, 3.63) is 24.0 Å². The lowest BCUT2D eigenvalue weighted by atomic mass is 9.99. The number of nitrogens with one attached hydrogen (secondary N) is 1. The first-order chi connectivity index (χ1) is 10.1. The average Bonchev–Trinajstić information content (AvgIpc) is 2.68. The number of hydrogen-bond acceptors (Lipinski definition) is 4. The molecule has 0 aromatic rings. The lowest BCUT2D eigenvalue weighted by molar-refractivity contribution is 0.0187. The molecule has 0 spiro atoms. The second-order valence-electron chi connectivity index (χ2n) is 6.63. The van der Waals surface area contributed by atoms with E-state index in [2.05, 4.69) is 31.5 Å². The average molecular weight is 344 g/mol. The third-order valence-electron chi connectivity index (χ3n) is 3.95. The van der Waals surface area contributed by atoms with Gasteiger partial charge in [-0.3, -0.25) is 0 Å². The first-order valence-electron chi connectivity index (χ1n) is 7.24. The van der Waals surface area contributed by atoms with Crippen molar-refractivity contribution in [2.75, 3.05) is 26.5 Å². The van der Waals surface area contributed by atoms with Crippen LogP contribution >= 0.6 is 19.1 Å². The van der Waals surface area contributed by atoms with Crippen LogP contribution in [0.5, 0.6) is 0 Å². The van der Waals surface area contributed by atoms with E-state index in [1.807, 2.05) is 7.05 Å². The zero-order chi connectivity index (χ0) is 16.7. The van der Waals surface area contributed by atoms with Crippen LogP contribution in [0, 0.1) is 0 Å². The van der Waals surface area contributed by atoms with E-state index >= 15 is 0 Å². The molecule has 0 amide bonds. The summed E-state index contributed by atoms with van der Waals surface area (Å²) in [6.07, 6.45) is 4.72. The molecule has 2 aliphatic heterocycles. The molecule has 1 saturated heterocycles. The van der Waals surface area contributed by atoms with Gasteiger partial charge in [-0.05, 0) is 38.1 Å². The fraction of sp³-hybridized carbons (Fsp3) is 0.600. The molecule has 22 heavy (non-hydrogen) atoms. The molecule has 2 heterocycles. The van der Waals surface area contributed by atoms with E-state index in [-0.39, 0.29) is 6.10 Å². The van der Waals surface area contributed by atoms with Crippen LogP contribution in [0.3, 0.4) is 0 Å².